The van der Waals surface area contributed by atoms with Crippen molar-refractivity contribution in [3.63, 3.8) is 0 Å². The lowest BCUT2D eigenvalue weighted by atomic mass is 10.3. The van der Waals surface area contributed by atoms with E-state index in [-0.39, 0.29) is 5.91 Å². The molecule has 4 nitrogen and oxygen atoms in total. The quantitative estimate of drug-likeness (QED) is 0.658. The average molecular weight is 193 g/mol. The number of hydrogen-bond donors (Lipinski definition) is 1. The summed E-state index contributed by atoms with van der Waals surface area (Å²) in [5, 5.41) is 4.75. The molecule has 1 amide bonds. The minimum absolute atomic E-state index is 0.0360. The maximum absolute atomic E-state index is 11.1. The van der Waals surface area contributed by atoms with E-state index in [0.29, 0.717) is 12.5 Å². The number of carbonyl (C=O) groups is 1. The molecule has 0 radical (unpaired) electrons. The molecule has 1 fully saturated rings. The second-order valence-electron chi connectivity index (χ2n) is 3.07. The van der Waals surface area contributed by atoms with E-state index in [1.54, 1.807) is 11.3 Å². The monoisotopic (exact) mass is 193 g/mol. The van der Waals surface area contributed by atoms with Gasteiger partial charge in [-0.25, -0.2) is 4.99 Å². The number of rotatable bonds is 0. The number of thiophene rings is 1. The minimum Gasteiger partial charge on any atom is -0.328 e. The lowest BCUT2D eigenvalue weighted by Gasteiger charge is -2.19. The topological polar surface area (TPSA) is 44.7 Å². The zero-order chi connectivity index (χ0) is 8.84. The predicted octanol–water partition coefficient (Wildman–Crippen LogP) is 0.681. The van der Waals surface area contributed by atoms with Crippen LogP contribution >= 0.6 is 11.3 Å². The lowest BCUT2D eigenvalue weighted by molar-refractivity contribution is -0.118. The van der Waals surface area contributed by atoms with E-state index in [2.05, 4.69) is 10.3 Å². The van der Waals surface area contributed by atoms with Gasteiger partial charge >= 0.3 is 0 Å². The third-order valence-corrected chi connectivity index (χ3v) is 3.06. The Bertz CT molecular complexity index is 409. The Balaban J connectivity index is 2.07. The first-order valence-electron chi connectivity index (χ1n) is 4.03. The lowest BCUT2D eigenvalue weighted by Crippen LogP contribution is -2.31. The van der Waals surface area contributed by atoms with Crippen molar-refractivity contribution in [1.82, 2.24) is 10.2 Å². The molecule has 1 N–H and O–H groups in total. The summed E-state index contributed by atoms with van der Waals surface area (Å²) in [6, 6.07) is 1.98. The van der Waals surface area contributed by atoms with Crippen LogP contribution in [0.15, 0.2) is 16.4 Å². The Morgan fingerprint density at radius 1 is 1.54 bits per heavy atom. The highest BCUT2D eigenvalue weighted by molar-refractivity contribution is 7.10. The van der Waals surface area contributed by atoms with Gasteiger partial charge in [0.25, 0.3) is 0 Å². The Morgan fingerprint density at radius 3 is 3.38 bits per heavy atom. The summed E-state index contributed by atoms with van der Waals surface area (Å²) in [5.74, 6) is 0.741. The molecule has 0 unspecified atom stereocenters. The number of amides is 1. The van der Waals surface area contributed by atoms with Crippen molar-refractivity contribution in [2.75, 3.05) is 6.54 Å². The van der Waals surface area contributed by atoms with E-state index in [0.717, 1.165) is 12.2 Å². The van der Waals surface area contributed by atoms with E-state index in [1.807, 2.05) is 16.3 Å². The molecule has 1 saturated heterocycles. The molecule has 3 heterocycles. The van der Waals surface area contributed by atoms with Crippen LogP contribution in [-0.2, 0) is 11.3 Å². The van der Waals surface area contributed by atoms with Gasteiger partial charge < -0.3 is 4.90 Å². The number of nitrogens with zero attached hydrogens (tertiary/aromatic N) is 2. The number of nitrogens with one attached hydrogen (secondary N) is 1. The van der Waals surface area contributed by atoms with Crippen molar-refractivity contribution in [3.8, 4) is 0 Å². The molecule has 0 aliphatic carbocycles. The number of carbonyl (C=O) groups excluding carboxylic acids is 1. The fraction of sp³-hybridized carbons (Fsp3) is 0.250. The molecule has 1 aromatic heterocycles. The number of guanidine groups is 1. The van der Waals surface area contributed by atoms with Crippen LogP contribution in [-0.4, -0.2) is 23.3 Å². The number of fused-ring (bicyclic) bond motifs is 2. The smallest absolute Gasteiger partial charge is 0.246 e. The Morgan fingerprint density at radius 2 is 2.46 bits per heavy atom. The maximum Gasteiger partial charge on any atom is 0.246 e. The summed E-state index contributed by atoms with van der Waals surface area (Å²) >= 11 is 1.69. The third-order valence-electron chi connectivity index (χ3n) is 2.17. The van der Waals surface area contributed by atoms with Crippen LogP contribution in [0.25, 0.3) is 0 Å². The Hall–Kier alpha value is -1.36. The fourth-order valence-electron chi connectivity index (χ4n) is 1.56. The fourth-order valence-corrected chi connectivity index (χ4v) is 2.39. The van der Waals surface area contributed by atoms with E-state index in [4.69, 9.17) is 0 Å². The summed E-state index contributed by atoms with van der Waals surface area (Å²) in [4.78, 5) is 18.6. The summed E-state index contributed by atoms with van der Waals surface area (Å²) in [5.41, 5.74) is 0.999. The molecule has 0 aromatic carbocycles. The highest BCUT2D eigenvalue weighted by Gasteiger charge is 2.29. The summed E-state index contributed by atoms with van der Waals surface area (Å²) in [6.07, 6.45) is 0. The Kier molecular flexibility index (Phi) is 1.26. The van der Waals surface area contributed by atoms with Crippen LogP contribution in [0.2, 0.25) is 0 Å². The summed E-state index contributed by atoms with van der Waals surface area (Å²) in [6.45, 7) is 1.25. The molecular formula is C8H7N3OS. The molecule has 2 aliphatic rings. The molecule has 66 valence electrons. The Labute approximate surface area is 78.9 Å². The van der Waals surface area contributed by atoms with Gasteiger partial charge in [-0.2, -0.15) is 0 Å². The van der Waals surface area contributed by atoms with Gasteiger partial charge in [-0.15, -0.1) is 11.3 Å². The van der Waals surface area contributed by atoms with E-state index in [9.17, 15) is 4.79 Å². The van der Waals surface area contributed by atoms with Crippen molar-refractivity contribution in [1.29, 1.82) is 0 Å². The minimum atomic E-state index is 0.0360. The van der Waals surface area contributed by atoms with Gasteiger partial charge in [0, 0.05) is 4.88 Å². The van der Waals surface area contributed by atoms with Gasteiger partial charge in [0.1, 0.15) is 6.54 Å². The van der Waals surface area contributed by atoms with Crippen molar-refractivity contribution in [2.45, 2.75) is 6.54 Å². The van der Waals surface area contributed by atoms with Gasteiger partial charge in [0.2, 0.25) is 11.9 Å². The molecule has 0 saturated carbocycles. The normalized spacial score (nSPS) is 19.2. The van der Waals surface area contributed by atoms with Crippen LogP contribution in [0.4, 0.5) is 5.69 Å². The predicted molar refractivity (Wildman–Crippen MR) is 50.0 cm³/mol. The highest BCUT2D eigenvalue weighted by atomic mass is 32.1. The maximum atomic E-state index is 11.1. The second-order valence-corrected chi connectivity index (χ2v) is 4.07. The van der Waals surface area contributed by atoms with Crippen LogP contribution in [0, 0.1) is 0 Å². The molecule has 2 aliphatic heterocycles. The molecule has 13 heavy (non-hydrogen) atoms. The summed E-state index contributed by atoms with van der Waals surface area (Å²) < 4.78 is 0. The molecule has 0 spiro atoms. The van der Waals surface area contributed by atoms with Crippen LogP contribution in [0.5, 0.6) is 0 Å². The van der Waals surface area contributed by atoms with E-state index < -0.39 is 0 Å². The molecule has 3 rings (SSSR count). The van der Waals surface area contributed by atoms with Gasteiger partial charge in [0.05, 0.1) is 12.2 Å². The first kappa shape index (κ1) is 7.08. The standard InChI is InChI=1S/C8H7N3OS/c12-7-4-11-3-6-5(1-2-13-6)9-8(11)10-7/h1-2H,3-4H2,(H,9,10,12). The summed E-state index contributed by atoms with van der Waals surface area (Å²) in [7, 11) is 0. The third kappa shape index (κ3) is 0.968. The first-order valence-corrected chi connectivity index (χ1v) is 4.91. The molecule has 0 bridgehead atoms. The number of hydrogen-bond acceptors (Lipinski definition) is 4. The van der Waals surface area contributed by atoms with Crippen molar-refractivity contribution in [2.24, 2.45) is 4.99 Å². The van der Waals surface area contributed by atoms with Crippen molar-refractivity contribution < 1.29 is 4.79 Å². The highest BCUT2D eigenvalue weighted by Crippen LogP contribution is 2.31. The van der Waals surface area contributed by atoms with Gasteiger partial charge in [-0.05, 0) is 11.4 Å². The van der Waals surface area contributed by atoms with Crippen molar-refractivity contribution in [3.05, 3.63) is 16.3 Å². The van der Waals surface area contributed by atoms with E-state index in [1.165, 1.54) is 4.88 Å². The molecular weight excluding hydrogens is 186 g/mol. The van der Waals surface area contributed by atoms with Crippen molar-refractivity contribution >= 4 is 28.9 Å². The molecule has 0 atom stereocenters. The first-order chi connectivity index (χ1) is 6.33. The number of aliphatic imine (C=N–C) groups is 1. The second kappa shape index (κ2) is 2.32. The molecule has 5 heteroatoms. The SMILES string of the molecule is O=C1CN2Cc3sccc3N=C2N1. The van der Waals surface area contributed by atoms with Gasteiger partial charge in [0.15, 0.2) is 0 Å². The average Bonchev–Trinajstić information content (AvgIpc) is 2.63. The zero-order valence-corrected chi connectivity index (χ0v) is 7.60. The van der Waals surface area contributed by atoms with Crippen LogP contribution < -0.4 is 5.32 Å². The van der Waals surface area contributed by atoms with E-state index >= 15 is 0 Å². The largest absolute Gasteiger partial charge is 0.328 e. The van der Waals surface area contributed by atoms with Gasteiger partial charge in [-0.1, -0.05) is 0 Å². The van der Waals surface area contributed by atoms with Crippen LogP contribution in [0.1, 0.15) is 4.88 Å². The van der Waals surface area contributed by atoms with Crippen LogP contribution in [0.3, 0.4) is 0 Å². The zero-order valence-electron chi connectivity index (χ0n) is 6.78. The van der Waals surface area contributed by atoms with Gasteiger partial charge in [-0.3, -0.25) is 10.1 Å². The molecule has 1 aromatic rings.